The first-order valence-electron chi connectivity index (χ1n) is 4.35. The van der Waals surface area contributed by atoms with Crippen LogP contribution in [0.2, 0.25) is 0 Å². The minimum Gasteiger partial charge on any atom is -0.223 e. The van der Waals surface area contributed by atoms with Crippen LogP contribution in [0.25, 0.3) is 0 Å². The summed E-state index contributed by atoms with van der Waals surface area (Å²) in [5, 5.41) is -0.388. The second kappa shape index (κ2) is 4.03. The molecule has 0 saturated carbocycles. The standard InChI is InChI=1S/C10H13BrO2S/c1-7(2)14(12,13)10-6-8(3)4-5-9(10)11/h4-7H,1-3H3. The fraction of sp³-hybridized carbons (Fsp3) is 0.400. The summed E-state index contributed by atoms with van der Waals surface area (Å²) in [5.74, 6) is 0. The average molecular weight is 277 g/mol. The monoisotopic (exact) mass is 276 g/mol. The fourth-order valence-electron chi connectivity index (χ4n) is 1.08. The second-order valence-corrected chi connectivity index (χ2v) is 6.85. The fourth-order valence-corrected chi connectivity index (χ4v) is 3.20. The van der Waals surface area contributed by atoms with Crippen LogP contribution >= 0.6 is 15.9 Å². The highest BCUT2D eigenvalue weighted by atomic mass is 79.9. The molecule has 1 aromatic rings. The van der Waals surface area contributed by atoms with Gasteiger partial charge in [0.05, 0.1) is 10.1 Å². The molecule has 1 aromatic carbocycles. The molecule has 0 aromatic heterocycles. The largest absolute Gasteiger partial charge is 0.223 e. The van der Waals surface area contributed by atoms with Crippen molar-refractivity contribution in [2.24, 2.45) is 0 Å². The summed E-state index contributed by atoms with van der Waals surface area (Å²) in [7, 11) is -3.18. The van der Waals surface area contributed by atoms with Gasteiger partial charge >= 0.3 is 0 Å². The first-order valence-corrected chi connectivity index (χ1v) is 6.69. The number of sulfone groups is 1. The Kier molecular flexibility index (Phi) is 3.37. The predicted octanol–water partition coefficient (Wildman–Crippen LogP) is 2.94. The second-order valence-electron chi connectivity index (χ2n) is 3.53. The Morgan fingerprint density at radius 1 is 1.29 bits per heavy atom. The number of hydrogen-bond acceptors (Lipinski definition) is 2. The van der Waals surface area contributed by atoms with E-state index in [4.69, 9.17) is 0 Å². The van der Waals surface area contributed by atoms with Crippen molar-refractivity contribution < 1.29 is 8.42 Å². The van der Waals surface area contributed by atoms with E-state index < -0.39 is 9.84 Å². The number of benzene rings is 1. The van der Waals surface area contributed by atoms with E-state index in [0.29, 0.717) is 9.37 Å². The molecule has 78 valence electrons. The molecule has 0 amide bonds. The molecular formula is C10H13BrO2S. The Morgan fingerprint density at radius 2 is 1.86 bits per heavy atom. The van der Waals surface area contributed by atoms with Crippen LogP contribution in [-0.4, -0.2) is 13.7 Å². The maximum Gasteiger partial charge on any atom is 0.181 e. The topological polar surface area (TPSA) is 34.1 Å². The van der Waals surface area contributed by atoms with Crippen molar-refractivity contribution >= 4 is 25.8 Å². The Labute approximate surface area is 93.4 Å². The molecule has 0 N–H and O–H groups in total. The van der Waals surface area contributed by atoms with Gasteiger partial charge in [0.25, 0.3) is 0 Å². The smallest absolute Gasteiger partial charge is 0.181 e. The Balaban J connectivity index is 3.40. The van der Waals surface area contributed by atoms with Crippen LogP contribution in [0.15, 0.2) is 27.6 Å². The van der Waals surface area contributed by atoms with Crippen LogP contribution in [0.1, 0.15) is 19.4 Å². The number of hydrogen-bond donors (Lipinski definition) is 0. The molecule has 0 heterocycles. The first kappa shape index (κ1) is 11.7. The van der Waals surface area contributed by atoms with Gasteiger partial charge in [-0.05, 0) is 54.4 Å². The average Bonchev–Trinajstić information content (AvgIpc) is 2.08. The third-order valence-corrected chi connectivity index (χ3v) is 5.16. The molecule has 1 rings (SSSR count). The Bertz CT molecular complexity index is 435. The molecule has 0 aliphatic heterocycles. The third kappa shape index (κ3) is 2.17. The highest BCUT2D eigenvalue weighted by Gasteiger charge is 2.21. The summed E-state index contributed by atoms with van der Waals surface area (Å²) in [6, 6.07) is 5.34. The van der Waals surface area contributed by atoms with Gasteiger partial charge in [0.2, 0.25) is 0 Å². The lowest BCUT2D eigenvalue weighted by atomic mass is 10.2. The van der Waals surface area contributed by atoms with Crippen molar-refractivity contribution in [3.8, 4) is 0 Å². The van der Waals surface area contributed by atoms with E-state index in [1.54, 1.807) is 26.0 Å². The van der Waals surface area contributed by atoms with Crippen LogP contribution in [0.5, 0.6) is 0 Å². The lowest BCUT2D eigenvalue weighted by molar-refractivity contribution is 0.587. The van der Waals surface area contributed by atoms with Crippen molar-refractivity contribution in [2.75, 3.05) is 0 Å². The third-order valence-electron chi connectivity index (χ3n) is 2.01. The number of rotatable bonds is 2. The normalized spacial score (nSPS) is 12.1. The van der Waals surface area contributed by atoms with Gasteiger partial charge in [-0.15, -0.1) is 0 Å². The molecule has 14 heavy (non-hydrogen) atoms. The van der Waals surface area contributed by atoms with Crippen molar-refractivity contribution in [1.29, 1.82) is 0 Å². The molecule has 2 nitrogen and oxygen atoms in total. The summed E-state index contributed by atoms with van der Waals surface area (Å²) in [6.45, 7) is 5.25. The van der Waals surface area contributed by atoms with Gasteiger partial charge in [-0.1, -0.05) is 6.07 Å². The molecule has 0 unspecified atom stereocenters. The lowest BCUT2D eigenvalue weighted by Crippen LogP contribution is -2.14. The molecule has 0 saturated heterocycles. The van der Waals surface area contributed by atoms with Gasteiger partial charge in [-0.3, -0.25) is 0 Å². The van der Waals surface area contributed by atoms with Crippen LogP contribution in [0.3, 0.4) is 0 Å². The zero-order valence-electron chi connectivity index (χ0n) is 8.41. The summed E-state index contributed by atoms with van der Waals surface area (Å²) in [5.41, 5.74) is 0.951. The highest BCUT2D eigenvalue weighted by molar-refractivity contribution is 9.10. The molecule has 0 radical (unpaired) electrons. The SMILES string of the molecule is Cc1ccc(Br)c(S(=O)(=O)C(C)C)c1. The zero-order valence-corrected chi connectivity index (χ0v) is 10.8. The molecule has 0 atom stereocenters. The van der Waals surface area contributed by atoms with Gasteiger partial charge in [-0.2, -0.15) is 0 Å². The van der Waals surface area contributed by atoms with Gasteiger partial charge in [0.15, 0.2) is 9.84 Å². The molecule has 0 bridgehead atoms. The number of aryl methyl sites for hydroxylation is 1. The molecule has 0 aliphatic carbocycles. The maximum absolute atomic E-state index is 11.9. The van der Waals surface area contributed by atoms with Crippen molar-refractivity contribution in [1.82, 2.24) is 0 Å². The van der Waals surface area contributed by atoms with Gasteiger partial charge in [-0.25, -0.2) is 8.42 Å². The quantitative estimate of drug-likeness (QED) is 0.833. The minimum absolute atomic E-state index is 0.382. The number of halogens is 1. The van der Waals surface area contributed by atoms with Crippen LogP contribution in [0, 0.1) is 6.92 Å². The van der Waals surface area contributed by atoms with E-state index in [1.807, 2.05) is 13.0 Å². The van der Waals surface area contributed by atoms with E-state index in [0.717, 1.165) is 5.56 Å². The summed E-state index contributed by atoms with van der Waals surface area (Å²) >= 11 is 3.26. The van der Waals surface area contributed by atoms with Crippen molar-refractivity contribution in [3.05, 3.63) is 28.2 Å². The van der Waals surface area contributed by atoms with Crippen LogP contribution < -0.4 is 0 Å². The van der Waals surface area contributed by atoms with E-state index in [-0.39, 0.29) is 5.25 Å². The molecular weight excluding hydrogens is 264 g/mol. The molecule has 4 heteroatoms. The summed E-state index contributed by atoms with van der Waals surface area (Å²) in [4.78, 5) is 0.382. The van der Waals surface area contributed by atoms with Crippen molar-refractivity contribution in [3.63, 3.8) is 0 Å². The summed E-state index contributed by atoms with van der Waals surface area (Å²) < 4.78 is 24.4. The highest BCUT2D eigenvalue weighted by Crippen LogP contribution is 2.26. The molecule has 0 aliphatic rings. The van der Waals surface area contributed by atoms with Crippen LogP contribution in [0.4, 0.5) is 0 Å². The van der Waals surface area contributed by atoms with E-state index in [1.165, 1.54) is 0 Å². The minimum atomic E-state index is -3.18. The first-order chi connectivity index (χ1) is 6.35. The van der Waals surface area contributed by atoms with E-state index in [9.17, 15) is 8.42 Å². The molecule has 0 fully saturated rings. The van der Waals surface area contributed by atoms with Gasteiger partial charge in [0.1, 0.15) is 0 Å². The van der Waals surface area contributed by atoms with Crippen molar-refractivity contribution in [2.45, 2.75) is 30.9 Å². The Morgan fingerprint density at radius 3 is 2.36 bits per heavy atom. The van der Waals surface area contributed by atoms with E-state index >= 15 is 0 Å². The summed E-state index contributed by atoms with van der Waals surface area (Å²) in [6.07, 6.45) is 0. The molecule has 0 spiro atoms. The van der Waals surface area contributed by atoms with Gasteiger partial charge < -0.3 is 0 Å². The predicted molar refractivity (Wildman–Crippen MR) is 61.2 cm³/mol. The van der Waals surface area contributed by atoms with Crippen LogP contribution in [-0.2, 0) is 9.84 Å². The lowest BCUT2D eigenvalue weighted by Gasteiger charge is -2.10. The Hall–Kier alpha value is -0.350. The van der Waals surface area contributed by atoms with E-state index in [2.05, 4.69) is 15.9 Å². The zero-order chi connectivity index (χ0) is 10.9. The maximum atomic E-state index is 11.9. The van der Waals surface area contributed by atoms with Gasteiger partial charge in [0, 0.05) is 4.47 Å².